The lowest BCUT2D eigenvalue weighted by atomic mass is 10.0. The van der Waals surface area contributed by atoms with Gasteiger partial charge in [0.1, 0.15) is 0 Å². The smallest absolute Gasteiger partial charge is 0.363 e. The molecule has 0 spiro atoms. The number of benzene rings is 1. The molecule has 5 heteroatoms. The second-order valence-electron chi connectivity index (χ2n) is 3.45. The Bertz CT molecular complexity index is 393. The number of halogens is 1. The lowest BCUT2D eigenvalue weighted by molar-refractivity contribution is -0.156. The van der Waals surface area contributed by atoms with Crippen LogP contribution in [0.3, 0.4) is 0 Å². The van der Waals surface area contributed by atoms with E-state index in [2.05, 4.69) is 0 Å². The Morgan fingerprint density at radius 3 is 2.38 bits per heavy atom. The second-order valence-corrected chi connectivity index (χ2v) is 3.45. The lowest BCUT2D eigenvalue weighted by Crippen LogP contribution is -2.51. The molecule has 86 valence electrons. The van der Waals surface area contributed by atoms with Crippen LogP contribution in [-0.4, -0.2) is 22.8 Å². The van der Waals surface area contributed by atoms with Crippen molar-refractivity contribution in [2.45, 2.75) is 19.1 Å². The van der Waals surface area contributed by atoms with Gasteiger partial charge >= 0.3 is 5.97 Å². The molecule has 0 fully saturated rings. The standard InChI is InChI=1S/C11H12FNO3/c1-8(14)13-11(12,10(15)16)7-9-5-3-2-4-6-9/h2-6H,7H2,1H3,(H,13,14)(H,15,16). The molecule has 0 heterocycles. The van der Waals surface area contributed by atoms with E-state index in [1.54, 1.807) is 35.6 Å². The van der Waals surface area contributed by atoms with E-state index >= 15 is 0 Å². The van der Waals surface area contributed by atoms with Crippen LogP contribution in [0.5, 0.6) is 0 Å². The summed E-state index contributed by atoms with van der Waals surface area (Å²) >= 11 is 0. The van der Waals surface area contributed by atoms with Crippen molar-refractivity contribution in [3.05, 3.63) is 35.9 Å². The zero-order chi connectivity index (χ0) is 12.2. The third kappa shape index (κ3) is 3.05. The molecule has 2 N–H and O–H groups in total. The molecule has 0 saturated heterocycles. The first-order chi connectivity index (χ1) is 7.44. The van der Waals surface area contributed by atoms with Crippen LogP contribution in [0, 0.1) is 0 Å². The maximum absolute atomic E-state index is 13.9. The minimum atomic E-state index is -2.76. The van der Waals surface area contributed by atoms with Crippen LogP contribution in [0.25, 0.3) is 0 Å². The molecule has 1 rings (SSSR count). The van der Waals surface area contributed by atoms with Crippen molar-refractivity contribution in [1.82, 2.24) is 5.32 Å². The first kappa shape index (κ1) is 12.2. The lowest BCUT2D eigenvalue weighted by Gasteiger charge is -2.21. The second kappa shape index (κ2) is 4.74. The van der Waals surface area contributed by atoms with Gasteiger partial charge in [-0.1, -0.05) is 30.3 Å². The van der Waals surface area contributed by atoms with E-state index in [4.69, 9.17) is 5.11 Å². The Kier molecular flexibility index (Phi) is 3.60. The van der Waals surface area contributed by atoms with Crippen molar-refractivity contribution in [1.29, 1.82) is 0 Å². The highest BCUT2D eigenvalue weighted by molar-refractivity contribution is 5.84. The summed E-state index contributed by atoms with van der Waals surface area (Å²) in [5, 5.41) is 10.6. The normalized spacial score (nSPS) is 13.9. The quantitative estimate of drug-likeness (QED) is 0.754. The fourth-order valence-corrected chi connectivity index (χ4v) is 1.33. The van der Waals surface area contributed by atoms with Crippen LogP contribution in [0.2, 0.25) is 0 Å². The van der Waals surface area contributed by atoms with Gasteiger partial charge in [0.25, 0.3) is 5.79 Å². The predicted molar refractivity (Wildman–Crippen MR) is 55.4 cm³/mol. The third-order valence-electron chi connectivity index (χ3n) is 2.00. The number of aliphatic carboxylic acids is 1. The number of nitrogens with one attached hydrogen (secondary N) is 1. The number of alkyl halides is 1. The SMILES string of the molecule is CC(=O)NC(F)(Cc1ccccc1)C(=O)O. The highest BCUT2D eigenvalue weighted by Gasteiger charge is 2.39. The number of carboxylic acid groups (broad SMARTS) is 1. The zero-order valence-electron chi connectivity index (χ0n) is 8.74. The fraction of sp³-hybridized carbons (Fsp3) is 0.273. The summed E-state index contributed by atoms with van der Waals surface area (Å²) < 4.78 is 13.9. The molecule has 0 radical (unpaired) electrons. The number of hydrogen-bond donors (Lipinski definition) is 2. The summed E-state index contributed by atoms with van der Waals surface area (Å²) in [6.45, 7) is 1.07. The van der Waals surface area contributed by atoms with E-state index in [9.17, 15) is 14.0 Å². The minimum absolute atomic E-state index is 0.400. The van der Waals surface area contributed by atoms with Crippen molar-refractivity contribution in [2.24, 2.45) is 0 Å². The first-order valence-corrected chi connectivity index (χ1v) is 4.69. The van der Waals surface area contributed by atoms with E-state index in [1.165, 1.54) is 0 Å². The molecule has 16 heavy (non-hydrogen) atoms. The Morgan fingerprint density at radius 1 is 1.38 bits per heavy atom. The van der Waals surface area contributed by atoms with Crippen LogP contribution in [0.4, 0.5) is 4.39 Å². The monoisotopic (exact) mass is 225 g/mol. The molecule has 1 amide bonds. The third-order valence-corrected chi connectivity index (χ3v) is 2.00. The number of carbonyl (C=O) groups is 2. The summed E-state index contributed by atoms with van der Waals surface area (Å²) in [6, 6.07) is 8.28. The van der Waals surface area contributed by atoms with Crippen molar-refractivity contribution >= 4 is 11.9 Å². The average Bonchev–Trinajstić information content (AvgIpc) is 2.17. The van der Waals surface area contributed by atoms with Gasteiger partial charge in [-0.3, -0.25) is 4.79 Å². The molecule has 0 aliphatic carbocycles. The number of carboxylic acids is 1. The van der Waals surface area contributed by atoms with Gasteiger partial charge in [0.15, 0.2) is 0 Å². The van der Waals surface area contributed by atoms with Crippen LogP contribution in [-0.2, 0) is 16.0 Å². The highest BCUT2D eigenvalue weighted by atomic mass is 19.1. The number of amides is 1. The van der Waals surface area contributed by atoms with Gasteiger partial charge in [0.2, 0.25) is 5.91 Å². The Balaban J connectivity index is 2.87. The van der Waals surface area contributed by atoms with Gasteiger partial charge in [0.05, 0.1) is 0 Å². The molecule has 0 bridgehead atoms. The molecule has 0 saturated carbocycles. The van der Waals surface area contributed by atoms with Crippen molar-refractivity contribution in [3.63, 3.8) is 0 Å². The predicted octanol–water partition coefficient (Wildman–Crippen LogP) is 1.12. The van der Waals surface area contributed by atoms with Gasteiger partial charge in [-0.25, -0.2) is 9.18 Å². The topological polar surface area (TPSA) is 66.4 Å². The summed E-state index contributed by atoms with van der Waals surface area (Å²) in [5.74, 6) is -5.18. The van der Waals surface area contributed by atoms with Gasteiger partial charge in [-0.2, -0.15) is 0 Å². The van der Waals surface area contributed by atoms with E-state index in [0.29, 0.717) is 5.56 Å². The van der Waals surface area contributed by atoms with Crippen LogP contribution in [0.1, 0.15) is 12.5 Å². The average molecular weight is 225 g/mol. The number of rotatable bonds is 4. The maximum Gasteiger partial charge on any atom is 0.363 e. The Morgan fingerprint density at radius 2 is 1.94 bits per heavy atom. The first-order valence-electron chi connectivity index (χ1n) is 4.69. The number of hydrogen-bond acceptors (Lipinski definition) is 2. The van der Waals surface area contributed by atoms with Crippen LogP contribution < -0.4 is 5.32 Å². The van der Waals surface area contributed by atoms with E-state index in [-0.39, 0.29) is 0 Å². The summed E-state index contributed by atoms with van der Waals surface area (Å²) in [5.41, 5.74) is 0.501. The molecule has 0 aliphatic heterocycles. The van der Waals surface area contributed by atoms with E-state index in [0.717, 1.165) is 6.92 Å². The molecule has 1 aromatic carbocycles. The number of carbonyl (C=O) groups excluding carboxylic acids is 1. The summed E-state index contributed by atoms with van der Waals surface area (Å²) in [7, 11) is 0. The Hall–Kier alpha value is -1.91. The Labute approximate surface area is 92.1 Å². The molecule has 1 aromatic rings. The van der Waals surface area contributed by atoms with Crippen LogP contribution in [0.15, 0.2) is 30.3 Å². The highest BCUT2D eigenvalue weighted by Crippen LogP contribution is 2.15. The van der Waals surface area contributed by atoms with E-state index < -0.39 is 24.1 Å². The van der Waals surface area contributed by atoms with Crippen LogP contribution >= 0.6 is 0 Å². The maximum atomic E-state index is 13.9. The van der Waals surface area contributed by atoms with Gasteiger partial charge < -0.3 is 10.4 Å². The molecular weight excluding hydrogens is 213 g/mol. The minimum Gasteiger partial charge on any atom is -0.477 e. The molecule has 0 aromatic heterocycles. The van der Waals surface area contributed by atoms with Crippen molar-refractivity contribution < 1.29 is 19.1 Å². The largest absolute Gasteiger partial charge is 0.477 e. The summed E-state index contributed by atoms with van der Waals surface area (Å²) in [6.07, 6.45) is -0.400. The molecule has 0 aliphatic rings. The zero-order valence-corrected chi connectivity index (χ0v) is 8.74. The summed E-state index contributed by atoms with van der Waals surface area (Å²) in [4.78, 5) is 21.5. The van der Waals surface area contributed by atoms with Crippen molar-refractivity contribution in [2.75, 3.05) is 0 Å². The molecule has 1 atom stereocenters. The van der Waals surface area contributed by atoms with Gasteiger partial charge in [0, 0.05) is 13.3 Å². The van der Waals surface area contributed by atoms with Gasteiger partial charge in [-0.15, -0.1) is 0 Å². The molecule has 4 nitrogen and oxygen atoms in total. The molecule has 1 unspecified atom stereocenters. The van der Waals surface area contributed by atoms with Crippen molar-refractivity contribution in [3.8, 4) is 0 Å². The van der Waals surface area contributed by atoms with E-state index in [1.807, 2.05) is 0 Å². The van der Waals surface area contributed by atoms with Gasteiger partial charge in [-0.05, 0) is 5.56 Å². The molecular formula is C11H12FNO3. The fourth-order valence-electron chi connectivity index (χ4n) is 1.33.